The monoisotopic (exact) mass is 317 g/mol. The van der Waals surface area contributed by atoms with E-state index in [-0.39, 0.29) is 0 Å². The maximum Gasteiger partial charge on any atom is 0.0409 e. The molecule has 1 aromatic rings. The summed E-state index contributed by atoms with van der Waals surface area (Å²) in [5.74, 6) is 0.710. The van der Waals surface area contributed by atoms with Crippen LogP contribution in [-0.4, -0.2) is 23.8 Å². The zero-order valence-electron chi connectivity index (χ0n) is 10.8. The Morgan fingerprint density at radius 2 is 2.12 bits per heavy atom. The molecular formula is C14H21BrClN. The van der Waals surface area contributed by atoms with Crippen LogP contribution in [0.5, 0.6) is 0 Å². The summed E-state index contributed by atoms with van der Waals surface area (Å²) in [6, 6.07) is 8.54. The number of alkyl halides is 1. The van der Waals surface area contributed by atoms with Crippen molar-refractivity contribution in [3.05, 3.63) is 34.9 Å². The fourth-order valence-corrected chi connectivity index (χ4v) is 2.73. The van der Waals surface area contributed by atoms with Crippen molar-refractivity contribution in [2.75, 3.05) is 18.9 Å². The molecule has 2 atom stereocenters. The molecule has 0 heterocycles. The zero-order valence-corrected chi connectivity index (χ0v) is 13.1. The van der Waals surface area contributed by atoms with E-state index in [0.29, 0.717) is 12.0 Å². The molecule has 17 heavy (non-hydrogen) atoms. The van der Waals surface area contributed by atoms with Gasteiger partial charge in [-0.3, -0.25) is 4.90 Å². The topological polar surface area (TPSA) is 3.24 Å². The zero-order chi connectivity index (χ0) is 12.8. The van der Waals surface area contributed by atoms with Gasteiger partial charge in [0.25, 0.3) is 0 Å². The number of hydrogen-bond acceptors (Lipinski definition) is 1. The first kappa shape index (κ1) is 15.0. The predicted octanol–water partition coefficient (Wildman–Crippen LogP) is 4.75. The van der Waals surface area contributed by atoms with E-state index in [1.807, 2.05) is 12.1 Å². The summed E-state index contributed by atoms with van der Waals surface area (Å²) < 4.78 is 0. The first-order chi connectivity index (χ1) is 8.08. The van der Waals surface area contributed by atoms with E-state index in [9.17, 15) is 0 Å². The lowest BCUT2D eigenvalue weighted by molar-refractivity contribution is 0.226. The van der Waals surface area contributed by atoms with Crippen molar-refractivity contribution in [2.24, 2.45) is 5.92 Å². The molecule has 0 fully saturated rings. The third-order valence-corrected chi connectivity index (χ3v) is 4.48. The average Bonchev–Trinajstić information content (AvgIpc) is 2.34. The summed E-state index contributed by atoms with van der Waals surface area (Å²) in [6.45, 7) is 5.58. The van der Waals surface area contributed by atoms with Gasteiger partial charge in [-0.15, -0.1) is 0 Å². The maximum absolute atomic E-state index is 6.03. The van der Waals surface area contributed by atoms with E-state index < -0.39 is 0 Å². The fourth-order valence-electron chi connectivity index (χ4n) is 1.87. The van der Waals surface area contributed by atoms with Gasteiger partial charge in [0.2, 0.25) is 0 Å². The van der Waals surface area contributed by atoms with Gasteiger partial charge in [0.1, 0.15) is 0 Å². The Labute approximate surface area is 118 Å². The van der Waals surface area contributed by atoms with Crippen LogP contribution in [0.2, 0.25) is 5.02 Å². The SMILES string of the molecule is CCC(CBr)CN(C)C(C)c1cccc(Cl)c1. The van der Waals surface area contributed by atoms with E-state index in [0.717, 1.165) is 16.9 Å². The van der Waals surface area contributed by atoms with Gasteiger partial charge in [-0.2, -0.15) is 0 Å². The van der Waals surface area contributed by atoms with Crippen molar-refractivity contribution in [2.45, 2.75) is 26.3 Å². The number of halogens is 2. The van der Waals surface area contributed by atoms with Gasteiger partial charge in [0.05, 0.1) is 0 Å². The van der Waals surface area contributed by atoms with Gasteiger partial charge in [0.15, 0.2) is 0 Å². The molecule has 1 aromatic carbocycles. The molecule has 0 spiro atoms. The highest BCUT2D eigenvalue weighted by Crippen LogP contribution is 2.23. The Kier molecular flexibility index (Phi) is 6.53. The van der Waals surface area contributed by atoms with Crippen molar-refractivity contribution in [3.8, 4) is 0 Å². The Balaban J connectivity index is 2.66. The first-order valence-electron chi connectivity index (χ1n) is 6.10. The number of rotatable bonds is 6. The van der Waals surface area contributed by atoms with Crippen LogP contribution in [0.15, 0.2) is 24.3 Å². The fraction of sp³-hybridized carbons (Fsp3) is 0.571. The Hall–Kier alpha value is -0.0500. The molecule has 2 unspecified atom stereocenters. The van der Waals surface area contributed by atoms with Crippen LogP contribution in [0, 0.1) is 5.92 Å². The number of hydrogen-bond donors (Lipinski definition) is 0. The largest absolute Gasteiger partial charge is 0.299 e. The van der Waals surface area contributed by atoms with Crippen LogP contribution in [0.1, 0.15) is 31.9 Å². The third-order valence-electron chi connectivity index (χ3n) is 3.33. The minimum absolute atomic E-state index is 0.404. The quantitative estimate of drug-likeness (QED) is 0.684. The average molecular weight is 319 g/mol. The summed E-state index contributed by atoms with van der Waals surface area (Å²) in [7, 11) is 2.18. The maximum atomic E-state index is 6.03. The van der Waals surface area contributed by atoms with Crippen molar-refractivity contribution < 1.29 is 0 Å². The Morgan fingerprint density at radius 3 is 2.65 bits per heavy atom. The highest BCUT2D eigenvalue weighted by Gasteiger charge is 2.15. The Bertz CT molecular complexity index is 339. The molecule has 96 valence electrons. The standard InChI is InChI=1S/C14H21BrClN/c1-4-12(9-15)10-17(3)11(2)13-6-5-7-14(16)8-13/h5-8,11-12H,4,9-10H2,1-3H3. The van der Waals surface area contributed by atoms with Crippen molar-refractivity contribution in [3.63, 3.8) is 0 Å². The number of benzene rings is 1. The predicted molar refractivity (Wildman–Crippen MR) is 80.1 cm³/mol. The molecule has 1 rings (SSSR count). The van der Waals surface area contributed by atoms with E-state index >= 15 is 0 Å². The van der Waals surface area contributed by atoms with Crippen LogP contribution >= 0.6 is 27.5 Å². The molecule has 0 saturated heterocycles. The summed E-state index contributed by atoms with van der Waals surface area (Å²) >= 11 is 9.60. The van der Waals surface area contributed by atoms with E-state index in [2.05, 4.69) is 53.9 Å². The summed E-state index contributed by atoms with van der Waals surface area (Å²) in [5.41, 5.74) is 1.28. The molecule has 0 saturated carbocycles. The van der Waals surface area contributed by atoms with Gasteiger partial charge in [-0.05, 0) is 37.6 Å². The second-order valence-electron chi connectivity index (χ2n) is 4.60. The summed E-state index contributed by atoms with van der Waals surface area (Å²) in [6.07, 6.45) is 1.21. The summed E-state index contributed by atoms with van der Waals surface area (Å²) in [5, 5.41) is 1.88. The highest BCUT2D eigenvalue weighted by atomic mass is 79.9. The molecule has 0 aromatic heterocycles. The minimum Gasteiger partial charge on any atom is -0.299 e. The lowest BCUT2D eigenvalue weighted by Crippen LogP contribution is -2.29. The van der Waals surface area contributed by atoms with Crippen molar-refractivity contribution in [1.29, 1.82) is 0 Å². The van der Waals surface area contributed by atoms with Crippen LogP contribution in [0.3, 0.4) is 0 Å². The second-order valence-corrected chi connectivity index (χ2v) is 5.68. The molecule has 0 aliphatic carbocycles. The lowest BCUT2D eigenvalue weighted by Gasteiger charge is -2.28. The van der Waals surface area contributed by atoms with Crippen molar-refractivity contribution in [1.82, 2.24) is 4.90 Å². The molecule has 0 amide bonds. The van der Waals surface area contributed by atoms with E-state index in [1.165, 1.54) is 12.0 Å². The van der Waals surface area contributed by atoms with Crippen LogP contribution < -0.4 is 0 Å². The third kappa shape index (κ3) is 4.61. The Morgan fingerprint density at radius 1 is 1.41 bits per heavy atom. The van der Waals surface area contributed by atoms with Gasteiger partial charge in [-0.1, -0.05) is 53.0 Å². The molecule has 3 heteroatoms. The molecule has 1 nitrogen and oxygen atoms in total. The molecule has 0 bridgehead atoms. The minimum atomic E-state index is 0.404. The van der Waals surface area contributed by atoms with Gasteiger partial charge >= 0.3 is 0 Å². The van der Waals surface area contributed by atoms with E-state index in [4.69, 9.17) is 11.6 Å². The van der Waals surface area contributed by atoms with Crippen LogP contribution in [-0.2, 0) is 0 Å². The normalized spacial score (nSPS) is 14.9. The van der Waals surface area contributed by atoms with Crippen LogP contribution in [0.25, 0.3) is 0 Å². The highest BCUT2D eigenvalue weighted by molar-refractivity contribution is 9.09. The van der Waals surface area contributed by atoms with Gasteiger partial charge < -0.3 is 0 Å². The number of nitrogens with zero attached hydrogens (tertiary/aromatic N) is 1. The molecule has 0 aliphatic rings. The smallest absolute Gasteiger partial charge is 0.0409 e. The molecule has 0 N–H and O–H groups in total. The van der Waals surface area contributed by atoms with Gasteiger partial charge in [-0.25, -0.2) is 0 Å². The molecule has 0 radical (unpaired) electrons. The first-order valence-corrected chi connectivity index (χ1v) is 7.60. The van der Waals surface area contributed by atoms with Crippen LogP contribution in [0.4, 0.5) is 0 Å². The van der Waals surface area contributed by atoms with E-state index in [1.54, 1.807) is 0 Å². The molecule has 0 aliphatic heterocycles. The van der Waals surface area contributed by atoms with Gasteiger partial charge in [0, 0.05) is 22.9 Å². The lowest BCUT2D eigenvalue weighted by atomic mass is 10.0. The molecular weight excluding hydrogens is 298 g/mol. The van der Waals surface area contributed by atoms with Crippen molar-refractivity contribution >= 4 is 27.5 Å². The second kappa shape index (κ2) is 7.40. The summed E-state index contributed by atoms with van der Waals surface area (Å²) in [4.78, 5) is 2.39.